The van der Waals surface area contributed by atoms with Crippen molar-refractivity contribution in [1.29, 1.82) is 0 Å². The third-order valence-electron chi connectivity index (χ3n) is 2.89. The number of hydrogen-bond acceptors (Lipinski definition) is 3. The highest BCUT2D eigenvalue weighted by Gasteiger charge is 2.14. The molecule has 1 N–H and O–H groups in total. The lowest BCUT2D eigenvalue weighted by Gasteiger charge is -2.04. The predicted octanol–water partition coefficient (Wildman–Crippen LogP) is 3.50. The molecule has 0 fully saturated rings. The second kappa shape index (κ2) is 4.82. The number of halogens is 1. The summed E-state index contributed by atoms with van der Waals surface area (Å²) in [6.45, 7) is 1.98. The fourth-order valence-electron chi connectivity index (χ4n) is 2.06. The summed E-state index contributed by atoms with van der Waals surface area (Å²) in [5.41, 5.74) is 4.74. The molecule has 0 amide bonds. The fraction of sp³-hybridized carbons (Fsp3) is 0.0714. The summed E-state index contributed by atoms with van der Waals surface area (Å²) in [5, 5.41) is 8.06. The molecule has 0 bridgehead atoms. The SMILES string of the molecule is Cc1[nH]nc(-c2cccc(Cl)c2)c1-c1cncnc1. The van der Waals surface area contributed by atoms with Crippen LogP contribution in [0, 0.1) is 6.92 Å². The number of nitrogens with one attached hydrogen (secondary N) is 1. The van der Waals surface area contributed by atoms with E-state index in [1.807, 2.05) is 31.2 Å². The number of nitrogens with zero attached hydrogens (tertiary/aromatic N) is 3. The number of aromatic nitrogens is 4. The second-order valence-electron chi connectivity index (χ2n) is 4.21. The van der Waals surface area contributed by atoms with Crippen LogP contribution in [0.5, 0.6) is 0 Å². The van der Waals surface area contributed by atoms with Crippen molar-refractivity contribution < 1.29 is 0 Å². The van der Waals surface area contributed by atoms with E-state index < -0.39 is 0 Å². The van der Waals surface area contributed by atoms with E-state index in [-0.39, 0.29) is 0 Å². The Hall–Kier alpha value is -2.20. The molecule has 0 aliphatic carbocycles. The Balaban J connectivity index is 2.19. The Kier molecular flexibility index (Phi) is 3.01. The van der Waals surface area contributed by atoms with Gasteiger partial charge in [-0.05, 0) is 19.1 Å². The molecule has 0 atom stereocenters. The molecular weight excluding hydrogens is 260 g/mol. The van der Waals surface area contributed by atoms with Crippen molar-refractivity contribution in [3.05, 3.63) is 53.7 Å². The van der Waals surface area contributed by atoms with Gasteiger partial charge in [0, 0.05) is 39.8 Å². The first kappa shape index (κ1) is 11.9. The minimum atomic E-state index is 0.688. The number of hydrogen-bond donors (Lipinski definition) is 1. The van der Waals surface area contributed by atoms with E-state index >= 15 is 0 Å². The van der Waals surface area contributed by atoms with Gasteiger partial charge in [0.2, 0.25) is 0 Å². The summed E-state index contributed by atoms with van der Waals surface area (Å²) in [6, 6.07) is 7.63. The Morgan fingerprint density at radius 2 is 1.89 bits per heavy atom. The van der Waals surface area contributed by atoms with Crippen LogP contribution in [-0.4, -0.2) is 20.2 Å². The van der Waals surface area contributed by atoms with Crippen LogP contribution in [-0.2, 0) is 0 Å². The van der Waals surface area contributed by atoms with E-state index in [9.17, 15) is 0 Å². The molecule has 0 saturated carbocycles. The molecular formula is C14H11ClN4. The zero-order valence-corrected chi connectivity index (χ0v) is 11.0. The Morgan fingerprint density at radius 1 is 1.11 bits per heavy atom. The maximum Gasteiger partial charge on any atom is 0.115 e. The number of H-pyrrole nitrogens is 1. The molecule has 19 heavy (non-hydrogen) atoms. The van der Waals surface area contributed by atoms with E-state index in [2.05, 4.69) is 20.2 Å². The van der Waals surface area contributed by atoms with E-state index in [4.69, 9.17) is 11.6 Å². The molecule has 0 radical (unpaired) electrons. The smallest absolute Gasteiger partial charge is 0.115 e. The highest BCUT2D eigenvalue weighted by Crippen LogP contribution is 2.32. The molecule has 5 heteroatoms. The van der Waals surface area contributed by atoms with Crippen molar-refractivity contribution in [2.75, 3.05) is 0 Å². The molecule has 0 aliphatic heterocycles. The summed E-state index contributed by atoms with van der Waals surface area (Å²) in [7, 11) is 0. The molecule has 0 saturated heterocycles. The van der Waals surface area contributed by atoms with Crippen molar-refractivity contribution >= 4 is 11.6 Å². The predicted molar refractivity (Wildman–Crippen MR) is 74.8 cm³/mol. The van der Waals surface area contributed by atoms with Gasteiger partial charge in [-0.3, -0.25) is 5.10 Å². The lowest BCUT2D eigenvalue weighted by atomic mass is 10.0. The zero-order chi connectivity index (χ0) is 13.2. The molecule has 4 nitrogen and oxygen atoms in total. The standard InChI is InChI=1S/C14H11ClN4/c1-9-13(11-6-16-8-17-7-11)14(19-18-9)10-3-2-4-12(15)5-10/h2-8H,1H3,(H,18,19). The van der Waals surface area contributed by atoms with Crippen LogP contribution in [0.2, 0.25) is 5.02 Å². The van der Waals surface area contributed by atoms with Gasteiger partial charge in [0.25, 0.3) is 0 Å². The topological polar surface area (TPSA) is 54.5 Å². The summed E-state index contributed by atoms with van der Waals surface area (Å²) in [6.07, 6.45) is 5.07. The van der Waals surface area contributed by atoms with E-state index in [0.717, 1.165) is 28.1 Å². The first-order valence-corrected chi connectivity index (χ1v) is 6.20. The molecule has 2 aromatic heterocycles. The van der Waals surface area contributed by atoms with Crippen LogP contribution in [0.3, 0.4) is 0 Å². The summed E-state index contributed by atoms with van der Waals surface area (Å²) in [4.78, 5) is 8.11. The molecule has 3 rings (SSSR count). The summed E-state index contributed by atoms with van der Waals surface area (Å²) >= 11 is 6.04. The van der Waals surface area contributed by atoms with Crippen molar-refractivity contribution in [3.63, 3.8) is 0 Å². The Labute approximate surface area is 115 Å². The first-order chi connectivity index (χ1) is 9.25. The lowest BCUT2D eigenvalue weighted by Crippen LogP contribution is -1.86. The molecule has 2 heterocycles. The average Bonchev–Trinajstić information content (AvgIpc) is 2.82. The minimum absolute atomic E-state index is 0.688. The Morgan fingerprint density at radius 3 is 2.63 bits per heavy atom. The van der Waals surface area contributed by atoms with Gasteiger partial charge in [0.05, 0.1) is 0 Å². The van der Waals surface area contributed by atoms with Crippen molar-refractivity contribution in [2.24, 2.45) is 0 Å². The van der Waals surface area contributed by atoms with Crippen molar-refractivity contribution in [2.45, 2.75) is 6.92 Å². The average molecular weight is 271 g/mol. The highest BCUT2D eigenvalue weighted by molar-refractivity contribution is 6.30. The maximum absolute atomic E-state index is 6.04. The van der Waals surface area contributed by atoms with Gasteiger partial charge in [0.15, 0.2) is 0 Å². The number of rotatable bonds is 2. The van der Waals surface area contributed by atoms with Gasteiger partial charge in [-0.1, -0.05) is 23.7 Å². The second-order valence-corrected chi connectivity index (χ2v) is 4.65. The number of aromatic amines is 1. The van der Waals surface area contributed by atoms with Crippen LogP contribution < -0.4 is 0 Å². The first-order valence-electron chi connectivity index (χ1n) is 5.82. The van der Waals surface area contributed by atoms with Crippen LogP contribution in [0.4, 0.5) is 0 Å². The highest BCUT2D eigenvalue weighted by atomic mass is 35.5. The maximum atomic E-state index is 6.04. The van der Waals surface area contributed by atoms with Crippen LogP contribution >= 0.6 is 11.6 Å². The quantitative estimate of drug-likeness (QED) is 0.775. The third-order valence-corrected chi connectivity index (χ3v) is 3.13. The third kappa shape index (κ3) is 2.22. The lowest BCUT2D eigenvalue weighted by molar-refractivity contribution is 1.05. The molecule has 0 aliphatic rings. The molecule has 1 aromatic carbocycles. The molecule has 0 spiro atoms. The van der Waals surface area contributed by atoms with Gasteiger partial charge < -0.3 is 0 Å². The summed E-state index contributed by atoms with van der Waals surface area (Å²) in [5.74, 6) is 0. The normalized spacial score (nSPS) is 10.6. The monoisotopic (exact) mass is 270 g/mol. The van der Waals surface area contributed by atoms with Crippen LogP contribution in [0.1, 0.15) is 5.69 Å². The van der Waals surface area contributed by atoms with Crippen molar-refractivity contribution in [3.8, 4) is 22.4 Å². The van der Waals surface area contributed by atoms with Gasteiger partial charge in [0.1, 0.15) is 12.0 Å². The number of aryl methyl sites for hydroxylation is 1. The number of benzene rings is 1. The van der Waals surface area contributed by atoms with Gasteiger partial charge >= 0.3 is 0 Å². The van der Waals surface area contributed by atoms with Crippen LogP contribution in [0.15, 0.2) is 43.0 Å². The van der Waals surface area contributed by atoms with E-state index in [0.29, 0.717) is 5.02 Å². The zero-order valence-electron chi connectivity index (χ0n) is 10.3. The Bertz CT molecular complexity index is 706. The van der Waals surface area contributed by atoms with E-state index in [1.165, 1.54) is 6.33 Å². The van der Waals surface area contributed by atoms with Gasteiger partial charge in [-0.15, -0.1) is 0 Å². The molecule has 3 aromatic rings. The van der Waals surface area contributed by atoms with Gasteiger partial charge in [-0.25, -0.2) is 9.97 Å². The summed E-state index contributed by atoms with van der Waals surface area (Å²) < 4.78 is 0. The minimum Gasteiger partial charge on any atom is -0.282 e. The largest absolute Gasteiger partial charge is 0.282 e. The van der Waals surface area contributed by atoms with Gasteiger partial charge in [-0.2, -0.15) is 5.10 Å². The molecule has 0 unspecified atom stereocenters. The van der Waals surface area contributed by atoms with Crippen molar-refractivity contribution in [1.82, 2.24) is 20.2 Å². The van der Waals surface area contributed by atoms with Crippen LogP contribution in [0.25, 0.3) is 22.4 Å². The fourth-order valence-corrected chi connectivity index (χ4v) is 2.25. The molecule has 94 valence electrons. The van der Waals surface area contributed by atoms with E-state index in [1.54, 1.807) is 12.4 Å².